The van der Waals surface area contributed by atoms with Crippen molar-refractivity contribution in [1.29, 1.82) is 0 Å². The van der Waals surface area contributed by atoms with Crippen molar-refractivity contribution in [2.45, 2.75) is 57.3 Å². The van der Waals surface area contributed by atoms with E-state index < -0.39 is 17.7 Å². The molecule has 1 heterocycles. The minimum Gasteiger partial charge on any atom is -0.481 e. The molecule has 34 heavy (non-hydrogen) atoms. The molecule has 2 aliphatic carbocycles. The molecule has 0 saturated heterocycles. The zero-order chi connectivity index (χ0) is 24.3. The summed E-state index contributed by atoms with van der Waals surface area (Å²) in [5.74, 6) is -0.759. The maximum Gasteiger partial charge on any atom is 0.416 e. The molecular weight excluding hydrogens is 447 g/mol. The third-order valence-electron chi connectivity index (χ3n) is 6.41. The Morgan fingerprint density at radius 3 is 2.21 bits per heavy atom. The molecule has 2 fully saturated rings. The predicted octanol–water partition coefficient (Wildman–Crippen LogP) is 5.26. The van der Waals surface area contributed by atoms with Gasteiger partial charge in [0, 0.05) is 11.4 Å². The van der Waals surface area contributed by atoms with E-state index in [1.807, 2.05) is 12.1 Å². The number of carboxylic acid groups (broad SMARTS) is 1. The topological polar surface area (TPSA) is 84.2 Å². The number of para-hydroxylation sites is 1. The number of rotatable bonds is 5. The quantitative estimate of drug-likeness (QED) is 0.530. The van der Waals surface area contributed by atoms with Crippen LogP contribution in [0.3, 0.4) is 0 Å². The first-order valence-corrected chi connectivity index (χ1v) is 11.4. The van der Waals surface area contributed by atoms with E-state index >= 15 is 0 Å². The fourth-order valence-corrected chi connectivity index (χ4v) is 3.89. The number of hydrogen-bond acceptors (Lipinski definition) is 3. The smallest absolute Gasteiger partial charge is 0.416 e. The third-order valence-corrected chi connectivity index (χ3v) is 6.41. The van der Waals surface area contributed by atoms with Gasteiger partial charge in [0.25, 0.3) is 5.91 Å². The molecule has 2 aromatic carbocycles. The minimum atomic E-state index is -4.36. The molecule has 0 aliphatic heterocycles. The molecule has 2 N–H and O–H groups in total. The van der Waals surface area contributed by atoms with Crippen molar-refractivity contribution in [1.82, 2.24) is 15.1 Å². The van der Waals surface area contributed by atoms with Gasteiger partial charge in [0.15, 0.2) is 0 Å². The van der Waals surface area contributed by atoms with Crippen LogP contribution < -0.4 is 5.32 Å². The summed E-state index contributed by atoms with van der Waals surface area (Å²) >= 11 is 0. The molecule has 1 amide bonds. The second-order valence-corrected chi connectivity index (χ2v) is 8.81. The first kappa shape index (κ1) is 23.8. The average Bonchev–Trinajstić information content (AvgIpc) is 3.12. The van der Waals surface area contributed by atoms with E-state index in [1.54, 1.807) is 16.9 Å². The van der Waals surface area contributed by atoms with Gasteiger partial charge >= 0.3 is 12.1 Å². The van der Waals surface area contributed by atoms with Gasteiger partial charge in [-0.15, -0.1) is 0 Å². The number of benzene rings is 2. The van der Waals surface area contributed by atoms with E-state index in [2.05, 4.69) is 10.4 Å². The molecule has 0 bridgehead atoms. The number of nitrogens with one attached hydrogen (secondary N) is 1. The number of aliphatic carboxylic acids is 1. The minimum absolute atomic E-state index is 0.000000000000000444. The number of amides is 1. The van der Waals surface area contributed by atoms with Crippen LogP contribution >= 0.6 is 0 Å². The first-order chi connectivity index (χ1) is 16.2. The Bertz CT molecular complexity index is 1160. The highest BCUT2D eigenvalue weighted by molar-refractivity contribution is 6.05. The van der Waals surface area contributed by atoms with Crippen molar-refractivity contribution < 1.29 is 27.9 Å². The van der Waals surface area contributed by atoms with Crippen molar-refractivity contribution in [3.8, 4) is 0 Å². The van der Waals surface area contributed by atoms with E-state index in [0.717, 1.165) is 56.0 Å². The number of carbonyl (C=O) groups excluding carboxylic acids is 1. The lowest BCUT2D eigenvalue weighted by Crippen LogP contribution is -2.39. The molecule has 180 valence electrons. The normalized spacial score (nSPS) is 16.2. The fraction of sp³-hybridized carbons (Fsp3) is 0.400. The number of halogens is 3. The summed E-state index contributed by atoms with van der Waals surface area (Å²) in [6.07, 6.45) is 3.32. The summed E-state index contributed by atoms with van der Waals surface area (Å²) < 4.78 is 39.8. The molecule has 0 unspecified atom stereocenters. The summed E-state index contributed by atoms with van der Waals surface area (Å²) in [6, 6.07) is 10.6. The molecule has 6 nitrogen and oxygen atoms in total. The summed E-state index contributed by atoms with van der Waals surface area (Å²) in [7, 11) is 0. The molecule has 1 aromatic heterocycles. The Morgan fingerprint density at radius 2 is 1.71 bits per heavy atom. The van der Waals surface area contributed by atoms with Gasteiger partial charge in [-0.25, -0.2) is 0 Å². The van der Waals surface area contributed by atoms with Gasteiger partial charge in [0.2, 0.25) is 0 Å². The van der Waals surface area contributed by atoms with Crippen LogP contribution in [0.25, 0.3) is 10.9 Å². The first-order valence-electron chi connectivity index (χ1n) is 11.4. The van der Waals surface area contributed by atoms with Crippen LogP contribution in [0.15, 0.2) is 48.7 Å². The maximum atomic E-state index is 12.7. The van der Waals surface area contributed by atoms with Gasteiger partial charge in [-0.3, -0.25) is 14.3 Å². The molecule has 5 rings (SSSR count). The molecule has 0 radical (unpaired) electrons. The van der Waals surface area contributed by atoms with Gasteiger partial charge in [0.05, 0.1) is 35.3 Å². The van der Waals surface area contributed by atoms with Crippen molar-refractivity contribution in [3.63, 3.8) is 0 Å². The number of carboxylic acids is 1. The zero-order valence-electron chi connectivity index (χ0n) is 18.5. The van der Waals surface area contributed by atoms with Crippen molar-refractivity contribution >= 4 is 22.8 Å². The van der Waals surface area contributed by atoms with Crippen molar-refractivity contribution in [2.24, 2.45) is 5.92 Å². The summed E-state index contributed by atoms with van der Waals surface area (Å²) in [4.78, 5) is 22.6. The lowest BCUT2D eigenvalue weighted by molar-refractivity contribution is -0.144. The van der Waals surface area contributed by atoms with Gasteiger partial charge in [-0.05, 0) is 55.9 Å². The lowest BCUT2D eigenvalue weighted by Gasteiger charge is -2.26. The Hall–Kier alpha value is -3.36. The Balaban J connectivity index is 0.000000336. The number of hydrogen-bond donors (Lipinski definition) is 2. The number of carbonyl (C=O) groups is 2. The summed E-state index contributed by atoms with van der Waals surface area (Å²) in [5.41, 5.74) is 1.22. The van der Waals surface area contributed by atoms with Gasteiger partial charge in [0.1, 0.15) is 0 Å². The van der Waals surface area contributed by atoms with Crippen LogP contribution in [-0.4, -0.2) is 32.8 Å². The molecular formula is C25H26F3N3O3. The maximum absolute atomic E-state index is 12.7. The van der Waals surface area contributed by atoms with Crippen molar-refractivity contribution in [2.75, 3.05) is 0 Å². The van der Waals surface area contributed by atoms with E-state index in [1.165, 1.54) is 12.1 Å². The second kappa shape index (κ2) is 9.87. The number of nitrogens with zero attached hydrogens (tertiary/aromatic N) is 2. The molecule has 9 heteroatoms. The molecule has 2 aliphatic rings. The van der Waals surface area contributed by atoms with Gasteiger partial charge < -0.3 is 10.4 Å². The van der Waals surface area contributed by atoms with E-state index in [4.69, 9.17) is 5.11 Å². The monoisotopic (exact) mass is 473 g/mol. The van der Waals surface area contributed by atoms with Gasteiger partial charge in [-0.1, -0.05) is 30.7 Å². The molecule has 0 atom stereocenters. The van der Waals surface area contributed by atoms with Crippen molar-refractivity contribution in [3.05, 3.63) is 65.4 Å². The predicted molar refractivity (Wildman–Crippen MR) is 120 cm³/mol. The number of fused-ring (bicyclic) bond motifs is 1. The van der Waals surface area contributed by atoms with E-state index in [0.29, 0.717) is 16.6 Å². The van der Waals surface area contributed by atoms with Crippen LogP contribution in [0.1, 0.15) is 60.0 Å². The average molecular weight is 473 g/mol. The molecule has 2 saturated carbocycles. The van der Waals surface area contributed by atoms with Gasteiger partial charge in [-0.2, -0.15) is 18.3 Å². The van der Waals surface area contributed by atoms with Crippen LogP contribution in [0.5, 0.6) is 0 Å². The van der Waals surface area contributed by atoms with Crippen LogP contribution in [0, 0.1) is 5.92 Å². The van der Waals surface area contributed by atoms with E-state index in [-0.39, 0.29) is 24.4 Å². The lowest BCUT2D eigenvalue weighted by atomic mass is 9.86. The van der Waals surface area contributed by atoms with Crippen LogP contribution in [-0.2, 0) is 17.5 Å². The standard InChI is InChI=1S/C20H18F3N3O.C5H8O2/c21-20(22,23)15-9-7-13(8-10-15)12-26-18-14(11-24-26)3-1-6-17(18)19(27)25-16-4-2-5-16;6-5(7)4-2-1-3-4/h1,3,6-11,16H,2,4-5,12H2,(H,25,27);4H,1-3H2,(H,6,7). The highest BCUT2D eigenvalue weighted by atomic mass is 19.4. The third kappa shape index (κ3) is 5.40. The van der Waals surface area contributed by atoms with Crippen LogP contribution in [0.4, 0.5) is 13.2 Å². The highest BCUT2D eigenvalue weighted by Crippen LogP contribution is 2.29. The fourth-order valence-electron chi connectivity index (χ4n) is 3.89. The molecule has 3 aromatic rings. The van der Waals surface area contributed by atoms with E-state index in [9.17, 15) is 22.8 Å². The SMILES string of the molecule is O=C(NC1CCC1)c1cccc2cnn(Cc3ccc(C(F)(F)F)cc3)c12.O=C(O)C1CCC1. The summed E-state index contributed by atoms with van der Waals surface area (Å²) in [6.45, 7) is 0.287. The Labute approximate surface area is 194 Å². The van der Waals surface area contributed by atoms with Crippen LogP contribution in [0.2, 0.25) is 0 Å². The number of aromatic nitrogens is 2. The Morgan fingerprint density at radius 1 is 1.03 bits per heavy atom. The number of alkyl halides is 3. The summed E-state index contributed by atoms with van der Waals surface area (Å²) in [5, 5.41) is 16.4. The Kier molecular flexibility index (Phi) is 6.90. The highest BCUT2D eigenvalue weighted by Gasteiger charge is 2.30. The second-order valence-electron chi connectivity index (χ2n) is 8.81. The zero-order valence-corrected chi connectivity index (χ0v) is 18.5. The molecule has 0 spiro atoms. The largest absolute Gasteiger partial charge is 0.481 e.